The van der Waals surface area contributed by atoms with Crippen molar-refractivity contribution in [2.24, 2.45) is 0 Å². The Morgan fingerprint density at radius 3 is 2.73 bits per heavy atom. The zero-order valence-electron chi connectivity index (χ0n) is 20.8. The van der Waals surface area contributed by atoms with E-state index in [9.17, 15) is 5.11 Å². The summed E-state index contributed by atoms with van der Waals surface area (Å²) in [5.41, 5.74) is 5.47. The van der Waals surface area contributed by atoms with E-state index in [1.165, 1.54) is 10.3 Å². The number of aliphatic hydroxyl groups excluding tert-OH is 1. The largest absolute Gasteiger partial charge is 0.393 e. The molecule has 1 saturated carbocycles. The molecule has 1 aromatic carbocycles. The highest BCUT2D eigenvalue weighted by Crippen LogP contribution is 2.30. The van der Waals surface area contributed by atoms with Crippen molar-refractivity contribution < 1.29 is 9.84 Å². The standard InChI is InChI=1S/C28H32N6O2S/c35-24-4-2-22(3-5-24)31-28-30-8-7-23(32-28)15-27-33-25-6-1-20(14-26(25)37-27)21-13-19(16-29-17-21)18-34-9-11-36-12-10-34/h1,6-8,13-14,16-17,22,24,35H,2-5,9-12,15,18H2,(H,30,31,32). The van der Waals surface area contributed by atoms with Crippen molar-refractivity contribution in [3.05, 3.63) is 65.2 Å². The maximum Gasteiger partial charge on any atom is 0.223 e. The summed E-state index contributed by atoms with van der Waals surface area (Å²) < 4.78 is 6.64. The quantitative estimate of drug-likeness (QED) is 0.376. The Labute approximate surface area is 220 Å². The van der Waals surface area contributed by atoms with E-state index >= 15 is 0 Å². The SMILES string of the molecule is OC1CCC(Nc2nccc(Cc3nc4ccc(-c5cncc(CN6CCOCC6)c5)cc4s3)n2)CC1. The second-order valence-electron chi connectivity index (χ2n) is 9.96. The summed E-state index contributed by atoms with van der Waals surface area (Å²) in [5, 5.41) is 14.2. The highest BCUT2D eigenvalue weighted by Gasteiger charge is 2.20. The average Bonchev–Trinajstić information content (AvgIpc) is 3.32. The van der Waals surface area contributed by atoms with E-state index in [0.29, 0.717) is 18.4 Å². The molecule has 1 aliphatic heterocycles. The van der Waals surface area contributed by atoms with Crippen molar-refractivity contribution in [1.29, 1.82) is 0 Å². The molecular formula is C28H32N6O2S. The molecule has 0 unspecified atom stereocenters. The van der Waals surface area contributed by atoms with Crippen LogP contribution in [0.1, 0.15) is 41.9 Å². The molecule has 2 fully saturated rings. The number of nitrogens with one attached hydrogen (secondary N) is 1. The number of aromatic nitrogens is 4. The number of nitrogens with zero attached hydrogens (tertiary/aromatic N) is 5. The van der Waals surface area contributed by atoms with Crippen LogP contribution in [0.2, 0.25) is 0 Å². The highest BCUT2D eigenvalue weighted by molar-refractivity contribution is 7.18. The van der Waals surface area contributed by atoms with Gasteiger partial charge in [0.15, 0.2) is 0 Å². The van der Waals surface area contributed by atoms with Gasteiger partial charge in [0.05, 0.1) is 40.2 Å². The number of aliphatic hydroxyl groups is 1. The molecule has 37 heavy (non-hydrogen) atoms. The van der Waals surface area contributed by atoms with Gasteiger partial charge in [0.25, 0.3) is 0 Å². The van der Waals surface area contributed by atoms with Gasteiger partial charge >= 0.3 is 0 Å². The van der Waals surface area contributed by atoms with Gasteiger partial charge in [-0.15, -0.1) is 11.3 Å². The number of benzene rings is 1. The van der Waals surface area contributed by atoms with Crippen LogP contribution in [0.25, 0.3) is 21.3 Å². The molecular weight excluding hydrogens is 484 g/mol. The number of anilines is 1. The van der Waals surface area contributed by atoms with Gasteiger partial charge in [-0.25, -0.2) is 15.0 Å². The Kier molecular flexibility index (Phi) is 7.36. The van der Waals surface area contributed by atoms with Gasteiger partial charge < -0.3 is 15.2 Å². The highest BCUT2D eigenvalue weighted by atomic mass is 32.1. The van der Waals surface area contributed by atoms with Gasteiger partial charge in [0, 0.05) is 56.3 Å². The lowest BCUT2D eigenvalue weighted by Crippen LogP contribution is -2.35. The van der Waals surface area contributed by atoms with E-state index in [1.807, 2.05) is 24.7 Å². The van der Waals surface area contributed by atoms with Crippen molar-refractivity contribution >= 4 is 27.5 Å². The summed E-state index contributed by atoms with van der Waals surface area (Å²) >= 11 is 1.71. The van der Waals surface area contributed by atoms with Crippen LogP contribution in [0.3, 0.4) is 0 Å². The van der Waals surface area contributed by atoms with E-state index in [1.54, 1.807) is 11.3 Å². The van der Waals surface area contributed by atoms with E-state index < -0.39 is 0 Å². The van der Waals surface area contributed by atoms with Gasteiger partial charge in [-0.1, -0.05) is 6.07 Å². The topological polar surface area (TPSA) is 96.3 Å². The third-order valence-corrected chi connectivity index (χ3v) is 8.16. The molecule has 6 rings (SSSR count). The molecule has 0 bridgehead atoms. The van der Waals surface area contributed by atoms with E-state index in [4.69, 9.17) is 14.7 Å². The van der Waals surface area contributed by atoms with Crippen LogP contribution in [0, 0.1) is 0 Å². The molecule has 2 N–H and O–H groups in total. The molecule has 3 aromatic heterocycles. The molecule has 1 aliphatic carbocycles. The van der Waals surface area contributed by atoms with Gasteiger partial charge in [-0.3, -0.25) is 9.88 Å². The Morgan fingerprint density at radius 1 is 1.00 bits per heavy atom. The summed E-state index contributed by atoms with van der Waals surface area (Å²) in [6.07, 6.45) is 9.77. The minimum Gasteiger partial charge on any atom is -0.393 e. The Balaban J connectivity index is 1.15. The van der Waals surface area contributed by atoms with E-state index in [2.05, 4.69) is 44.5 Å². The number of ether oxygens (including phenoxy) is 1. The molecule has 0 atom stereocenters. The lowest BCUT2D eigenvalue weighted by atomic mass is 9.93. The third-order valence-electron chi connectivity index (χ3n) is 7.15. The second kappa shape index (κ2) is 11.2. The second-order valence-corrected chi connectivity index (χ2v) is 11.1. The van der Waals surface area contributed by atoms with E-state index in [0.717, 1.165) is 85.9 Å². The van der Waals surface area contributed by atoms with Crippen molar-refractivity contribution in [2.75, 3.05) is 31.6 Å². The van der Waals surface area contributed by atoms with Crippen LogP contribution < -0.4 is 5.32 Å². The van der Waals surface area contributed by atoms with Crippen molar-refractivity contribution in [3.8, 4) is 11.1 Å². The van der Waals surface area contributed by atoms with Crippen LogP contribution in [0.15, 0.2) is 48.9 Å². The molecule has 0 radical (unpaired) electrons. The Hall–Kier alpha value is -2.98. The molecule has 1 saturated heterocycles. The third kappa shape index (κ3) is 6.13. The van der Waals surface area contributed by atoms with Crippen molar-refractivity contribution in [3.63, 3.8) is 0 Å². The predicted molar refractivity (Wildman–Crippen MR) is 146 cm³/mol. The normalized spacial score (nSPS) is 20.8. The molecule has 9 heteroatoms. The number of fused-ring (bicyclic) bond motifs is 1. The van der Waals surface area contributed by atoms with E-state index in [-0.39, 0.29) is 6.10 Å². The summed E-state index contributed by atoms with van der Waals surface area (Å²) in [5.74, 6) is 0.659. The van der Waals surface area contributed by atoms with Gasteiger partial charge in [0.1, 0.15) is 0 Å². The van der Waals surface area contributed by atoms with Crippen LogP contribution in [-0.2, 0) is 17.7 Å². The van der Waals surface area contributed by atoms with Crippen LogP contribution in [0.5, 0.6) is 0 Å². The van der Waals surface area contributed by atoms with Crippen molar-refractivity contribution in [1.82, 2.24) is 24.8 Å². The lowest BCUT2D eigenvalue weighted by molar-refractivity contribution is 0.0341. The molecule has 192 valence electrons. The smallest absolute Gasteiger partial charge is 0.223 e. The van der Waals surface area contributed by atoms with Gasteiger partial charge in [-0.05, 0) is 61.1 Å². The minimum atomic E-state index is -0.167. The molecule has 4 heterocycles. The monoisotopic (exact) mass is 516 g/mol. The van der Waals surface area contributed by atoms with Gasteiger partial charge in [-0.2, -0.15) is 0 Å². The molecule has 4 aromatic rings. The number of pyridine rings is 1. The first-order valence-corrected chi connectivity index (χ1v) is 13.9. The summed E-state index contributed by atoms with van der Waals surface area (Å²) in [7, 11) is 0. The number of thiazole rings is 1. The Morgan fingerprint density at radius 2 is 1.86 bits per heavy atom. The first-order valence-electron chi connectivity index (χ1n) is 13.1. The molecule has 0 amide bonds. The van der Waals surface area contributed by atoms with Crippen LogP contribution >= 0.6 is 11.3 Å². The fraction of sp³-hybridized carbons (Fsp3) is 0.429. The number of hydrogen-bond acceptors (Lipinski definition) is 9. The summed E-state index contributed by atoms with van der Waals surface area (Å²) in [4.78, 5) is 20.9. The van der Waals surface area contributed by atoms with Gasteiger partial charge in [0.2, 0.25) is 5.95 Å². The van der Waals surface area contributed by atoms with Crippen LogP contribution in [0.4, 0.5) is 5.95 Å². The minimum absolute atomic E-state index is 0.167. The fourth-order valence-corrected chi connectivity index (χ4v) is 6.12. The summed E-state index contributed by atoms with van der Waals surface area (Å²) in [6, 6.07) is 11.0. The maximum absolute atomic E-state index is 9.74. The fourth-order valence-electron chi connectivity index (χ4n) is 5.10. The molecule has 2 aliphatic rings. The van der Waals surface area contributed by atoms with Crippen LogP contribution in [-0.4, -0.2) is 68.4 Å². The zero-order chi connectivity index (χ0) is 25.0. The molecule has 8 nitrogen and oxygen atoms in total. The first-order chi connectivity index (χ1) is 18.2. The first kappa shape index (κ1) is 24.4. The zero-order valence-corrected chi connectivity index (χ0v) is 21.7. The average molecular weight is 517 g/mol. The maximum atomic E-state index is 9.74. The number of rotatable bonds is 7. The molecule has 0 spiro atoms. The predicted octanol–water partition coefficient (Wildman–Crippen LogP) is 4.29. The number of hydrogen-bond donors (Lipinski definition) is 2. The summed E-state index contributed by atoms with van der Waals surface area (Å²) in [6.45, 7) is 4.43. The number of morpholine rings is 1. The Bertz CT molecular complexity index is 1350. The lowest BCUT2D eigenvalue weighted by Gasteiger charge is -2.26. The van der Waals surface area contributed by atoms with Crippen molar-refractivity contribution in [2.45, 2.75) is 50.8 Å².